The molecule has 19 heavy (non-hydrogen) atoms. The number of aliphatic hydroxyl groups is 1. The molecule has 0 unspecified atom stereocenters. The van der Waals surface area contributed by atoms with E-state index in [1.165, 1.54) is 4.88 Å². The lowest BCUT2D eigenvalue weighted by atomic mass is 10.1. The predicted octanol–water partition coefficient (Wildman–Crippen LogP) is 1.62. The Labute approximate surface area is 118 Å². The Morgan fingerprint density at radius 2 is 2.16 bits per heavy atom. The fraction of sp³-hybridized carbons (Fsp3) is 0.643. The van der Waals surface area contributed by atoms with Gasteiger partial charge in [-0.15, -0.1) is 11.3 Å². The smallest absolute Gasteiger partial charge is 0.254 e. The molecule has 2 heterocycles. The van der Waals surface area contributed by atoms with Crippen molar-refractivity contribution in [1.82, 2.24) is 9.80 Å². The molecule has 0 bridgehead atoms. The molecule has 5 heteroatoms. The van der Waals surface area contributed by atoms with E-state index in [-0.39, 0.29) is 11.9 Å². The Bertz CT molecular complexity index is 456. The van der Waals surface area contributed by atoms with Gasteiger partial charge in [-0.1, -0.05) is 13.8 Å². The van der Waals surface area contributed by atoms with Gasteiger partial charge in [0.05, 0.1) is 17.7 Å². The number of amides is 1. The normalized spacial score (nSPS) is 23.6. The summed E-state index contributed by atoms with van der Waals surface area (Å²) in [7, 11) is 3.87. The van der Waals surface area contributed by atoms with E-state index >= 15 is 0 Å². The maximum Gasteiger partial charge on any atom is 0.254 e. The summed E-state index contributed by atoms with van der Waals surface area (Å²) >= 11 is 1.63. The molecule has 1 aromatic rings. The number of carbonyl (C=O) groups is 1. The van der Waals surface area contributed by atoms with E-state index in [9.17, 15) is 9.90 Å². The Kier molecular flexibility index (Phi) is 4.28. The monoisotopic (exact) mass is 282 g/mol. The second kappa shape index (κ2) is 5.61. The van der Waals surface area contributed by atoms with E-state index in [0.29, 0.717) is 19.0 Å². The number of hydrogen-bond acceptors (Lipinski definition) is 4. The predicted molar refractivity (Wildman–Crippen MR) is 77.8 cm³/mol. The average Bonchev–Trinajstić information content (AvgIpc) is 2.94. The highest BCUT2D eigenvalue weighted by Crippen LogP contribution is 2.25. The number of thiophene rings is 1. The highest BCUT2D eigenvalue weighted by Gasteiger charge is 2.35. The molecule has 1 fully saturated rings. The van der Waals surface area contributed by atoms with Gasteiger partial charge in [0.1, 0.15) is 0 Å². The van der Waals surface area contributed by atoms with Gasteiger partial charge < -0.3 is 14.9 Å². The minimum absolute atomic E-state index is 0.0338. The lowest BCUT2D eigenvalue weighted by molar-refractivity contribution is 0.0764. The van der Waals surface area contributed by atoms with Crippen LogP contribution in [0.3, 0.4) is 0 Å². The second-order valence-electron chi connectivity index (χ2n) is 5.70. The number of likely N-dealkylation sites (N-methyl/N-ethyl adjacent to an activating group) is 1. The number of hydrogen-bond donors (Lipinski definition) is 1. The highest BCUT2D eigenvalue weighted by atomic mass is 32.1. The van der Waals surface area contributed by atoms with Crippen molar-refractivity contribution >= 4 is 17.2 Å². The number of rotatable bonds is 3. The van der Waals surface area contributed by atoms with Crippen molar-refractivity contribution in [3.63, 3.8) is 0 Å². The van der Waals surface area contributed by atoms with Crippen LogP contribution in [0.25, 0.3) is 0 Å². The first kappa shape index (κ1) is 14.5. The molecule has 1 aliphatic heterocycles. The number of aliphatic hydroxyl groups excluding tert-OH is 1. The third-order valence-electron chi connectivity index (χ3n) is 3.65. The van der Waals surface area contributed by atoms with Gasteiger partial charge in [0.25, 0.3) is 5.91 Å². The van der Waals surface area contributed by atoms with Crippen molar-refractivity contribution in [2.24, 2.45) is 0 Å². The molecule has 2 rings (SSSR count). The lowest BCUT2D eigenvalue weighted by Crippen LogP contribution is -2.38. The summed E-state index contributed by atoms with van der Waals surface area (Å²) in [6.07, 6.45) is -0.456. The summed E-state index contributed by atoms with van der Waals surface area (Å²) in [6.45, 7) is 5.28. The first-order valence-corrected chi connectivity index (χ1v) is 7.50. The maximum atomic E-state index is 12.4. The van der Waals surface area contributed by atoms with Gasteiger partial charge in [0.2, 0.25) is 0 Å². The van der Waals surface area contributed by atoms with Crippen molar-refractivity contribution in [3.8, 4) is 0 Å². The first-order valence-electron chi connectivity index (χ1n) is 6.62. The summed E-state index contributed by atoms with van der Waals surface area (Å²) in [5, 5.41) is 11.9. The minimum atomic E-state index is -0.456. The molecule has 1 amide bonds. The number of β-amino-alcohol motifs (C(OH)–C–C–N with tert-alkyl or cyclic N) is 1. The summed E-state index contributed by atoms with van der Waals surface area (Å²) in [4.78, 5) is 17.4. The highest BCUT2D eigenvalue weighted by molar-refractivity contribution is 7.10. The van der Waals surface area contributed by atoms with Crippen LogP contribution in [0.2, 0.25) is 0 Å². The van der Waals surface area contributed by atoms with Crippen LogP contribution in [-0.2, 0) is 0 Å². The first-order chi connectivity index (χ1) is 8.90. The van der Waals surface area contributed by atoms with Crippen LogP contribution in [-0.4, -0.2) is 60.1 Å². The third kappa shape index (κ3) is 2.99. The molecule has 4 nitrogen and oxygen atoms in total. The van der Waals surface area contributed by atoms with Crippen LogP contribution >= 0.6 is 11.3 Å². The third-order valence-corrected chi connectivity index (χ3v) is 4.88. The van der Waals surface area contributed by atoms with E-state index in [2.05, 4.69) is 13.8 Å². The molecular formula is C14H22N2O2S. The molecule has 0 spiro atoms. The van der Waals surface area contributed by atoms with Gasteiger partial charge in [-0.2, -0.15) is 0 Å². The van der Waals surface area contributed by atoms with E-state index in [0.717, 1.165) is 5.56 Å². The number of likely N-dealkylation sites (tertiary alicyclic amines) is 1. The quantitative estimate of drug-likeness (QED) is 0.916. The summed E-state index contributed by atoms with van der Waals surface area (Å²) in [5.74, 6) is 0.483. The lowest BCUT2D eigenvalue weighted by Gasteiger charge is -2.21. The Hall–Kier alpha value is -0.910. The van der Waals surface area contributed by atoms with Crippen molar-refractivity contribution in [1.29, 1.82) is 0 Å². The van der Waals surface area contributed by atoms with Gasteiger partial charge >= 0.3 is 0 Å². The largest absolute Gasteiger partial charge is 0.390 e. The number of carbonyl (C=O) groups excluding carboxylic acids is 1. The van der Waals surface area contributed by atoms with Gasteiger partial charge in [-0.25, -0.2) is 0 Å². The van der Waals surface area contributed by atoms with Crippen LogP contribution in [0.4, 0.5) is 0 Å². The SMILES string of the molecule is CC(C)c1cc(C(=O)N2C[C@@H](O)[C@H](N(C)C)C2)cs1. The van der Waals surface area contributed by atoms with Crippen LogP contribution in [0.5, 0.6) is 0 Å². The van der Waals surface area contributed by atoms with Crippen LogP contribution < -0.4 is 0 Å². The zero-order chi connectivity index (χ0) is 14.2. The molecule has 0 aliphatic carbocycles. The fourth-order valence-corrected chi connectivity index (χ4v) is 3.29. The standard InChI is InChI=1S/C14H22N2O2S/c1-9(2)13-5-10(8-19-13)14(18)16-6-11(15(3)4)12(17)7-16/h5,8-9,11-12,17H,6-7H2,1-4H3/t11-,12-/m1/s1. The Balaban J connectivity index is 2.08. The molecule has 2 atom stereocenters. The van der Waals surface area contributed by atoms with Gasteiger partial charge in [0, 0.05) is 23.3 Å². The van der Waals surface area contributed by atoms with Gasteiger partial charge in [-0.05, 0) is 26.1 Å². The molecule has 1 N–H and O–H groups in total. The topological polar surface area (TPSA) is 43.8 Å². The van der Waals surface area contributed by atoms with Crippen LogP contribution in [0, 0.1) is 0 Å². The summed E-state index contributed by atoms with van der Waals surface area (Å²) in [5.41, 5.74) is 0.750. The van der Waals surface area contributed by atoms with Crippen LogP contribution in [0.1, 0.15) is 35.0 Å². The van der Waals surface area contributed by atoms with Crippen molar-refractivity contribution in [2.75, 3.05) is 27.2 Å². The van der Waals surface area contributed by atoms with Crippen LogP contribution in [0.15, 0.2) is 11.4 Å². The molecule has 1 aromatic heterocycles. The average molecular weight is 282 g/mol. The van der Waals surface area contributed by atoms with E-state index in [1.54, 1.807) is 16.2 Å². The summed E-state index contributed by atoms with van der Waals surface area (Å²) in [6, 6.07) is 2.01. The number of nitrogens with zero attached hydrogens (tertiary/aromatic N) is 2. The summed E-state index contributed by atoms with van der Waals surface area (Å²) < 4.78 is 0. The van der Waals surface area contributed by atoms with Gasteiger partial charge in [-0.3, -0.25) is 4.79 Å². The molecule has 1 aliphatic rings. The van der Waals surface area contributed by atoms with E-state index in [4.69, 9.17) is 0 Å². The molecular weight excluding hydrogens is 260 g/mol. The molecule has 0 aromatic carbocycles. The zero-order valence-electron chi connectivity index (χ0n) is 12.0. The Morgan fingerprint density at radius 3 is 2.63 bits per heavy atom. The Morgan fingerprint density at radius 1 is 1.47 bits per heavy atom. The molecule has 0 saturated carbocycles. The van der Waals surface area contributed by atoms with Gasteiger partial charge in [0.15, 0.2) is 0 Å². The van der Waals surface area contributed by atoms with Crippen molar-refractivity contribution in [2.45, 2.75) is 31.9 Å². The molecule has 1 saturated heterocycles. The fourth-order valence-electron chi connectivity index (χ4n) is 2.39. The van der Waals surface area contributed by atoms with Crippen molar-refractivity contribution < 1.29 is 9.90 Å². The van der Waals surface area contributed by atoms with E-state index in [1.807, 2.05) is 30.4 Å². The zero-order valence-corrected chi connectivity index (χ0v) is 12.8. The minimum Gasteiger partial charge on any atom is -0.390 e. The maximum absolute atomic E-state index is 12.4. The molecule has 106 valence electrons. The van der Waals surface area contributed by atoms with Crippen molar-refractivity contribution in [3.05, 3.63) is 21.9 Å². The van der Waals surface area contributed by atoms with E-state index < -0.39 is 6.10 Å². The molecule has 0 radical (unpaired) electrons. The second-order valence-corrected chi connectivity index (χ2v) is 6.64.